The van der Waals surface area contributed by atoms with Gasteiger partial charge in [-0.05, 0) is 32.9 Å². The molecule has 1 aromatic rings. The van der Waals surface area contributed by atoms with Gasteiger partial charge in [-0.25, -0.2) is 0 Å². The molecule has 1 fully saturated rings. The van der Waals surface area contributed by atoms with Crippen LogP contribution in [0.1, 0.15) is 31.3 Å². The van der Waals surface area contributed by atoms with Crippen molar-refractivity contribution in [1.82, 2.24) is 20.0 Å². The number of hydrogen-bond donors (Lipinski definition) is 1. The van der Waals surface area contributed by atoms with Gasteiger partial charge in [0, 0.05) is 38.8 Å². The van der Waals surface area contributed by atoms with Crippen molar-refractivity contribution in [2.24, 2.45) is 0 Å². The summed E-state index contributed by atoms with van der Waals surface area (Å²) in [7, 11) is 0. The molecular formula is C14H23N5O. The van der Waals surface area contributed by atoms with Crippen molar-refractivity contribution >= 4 is 11.7 Å². The predicted molar refractivity (Wildman–Crippen MR) is 78.8 cm³/mol. The van der Waals surface area contributed by atoms with E-state index in [4.69, 9.17) is 0 Å². The molecule has 2 heterocycles. The Morgan fingerprint density at radius 1 is 1.25 bits per heavy atom. The molecule has 6 nitrogen and oxygen atoms in total. The summed E-state index contributed by atoms with van der Waals surface area (Å²) in [5.74, 6) is 0.678. The SMILES string of the molecule is CCNc1ccc(C(=O)N2CCN(C(C)C)CC2)nn1. The van der Waals surface area contributed by atoms with E-state index >= 15 is 0 Å². The largest absolute Gasteiger partial charge is 0.369 e. The second kappa shape index (κ2) is 6.65. The van der Waals surface area contributed by atoms with Crippen LogP contribution in [0.3, 0.4) is 0 Å². The Labute approximate surface area is 120 Å². The highest BCUT2D eigenvalue weighted by atomic mass is 16.2. The lowest BCUT2D eigenvalue weighted by Gasteiger charge is -2.36. The third kappa shape index (κ3) is 3.45. The van der Waals surface area contributed by atoms with Gasteiger partial charge >= 0.3 is 0 Å². The number of aromatic nitrogens is 2. The fourth-order valence-electron chi connectivity index (χ4n) is 2.33. The van der Waals surface area contributed by atoms with Gasteiger partial charge in [0.15, 0.2) is 5.69 Å². The summed E-state index contributed by atoms with van der Waals surface area (Å²) < 4.78 is 0. The first-order valence-electron chi connectivity index (χ1n) is 7.22. The van der Waals surface area contributed by atoms with Gasteiger partial charge < -0.3 is 10.2 Å². The van der Waals surface area contributed by atoms with Gasteiger partial charge in [0.25, 0.3) is 5.91 Å². The summed E-state index contributed by atoms with van der Waals surface area (Å²) in [5.41, 5.74) is 0.421. The molecule has 1 aromatic heterocycles. The van der Waals surface area contributed by atoms with Gasteiger partial charge in [-0.1, -0.05) is 0 Å². The van der Waals surface area contributed by atoms with Crippen LogP contribution in [0.5, 0.6) is 0 Å². The molecule has 20 heavy (non-hydrogen) atoms. The maximum absolute atomic E-state index is 12.3. The van der Waals surface area contributed by atoms with E-state index in [9.17, 15) is 4.79 Å². The summed E-state index contributed by atoms with van der Waals surface area (Å²) in [6.07, 6.45) is 0. The average Bonchev–Trinajstić information content (AvgIpc) is 2.48. The number of nitrogens with one attached hydrogen (secondary N) is 1. The standard InChI is InChI=1S/C14H23N5O/c1-4-15-13-6-5-12(16-17-13)14(20)19-9-7-18(8-10-19)11(2)3/h5-6,11H,4,7-10H2,1-3H3,(H,15,17). The van der Waals surface area contributed by atoms with Gasteiger partial charge in [-0.2, -0.15) is 0 Å². The Hall–Kier alpha value is -1.69. The number of nitrogens with zero attached hydrogens (tertiary/aromatic N) is 4. The molecule has 0 saturated carbocycles. The minimum atomic E-state index is -0.0241. The van der Waals surface area contributed by atoms with Crippen molar-refractivity contribution in [1.29, 1.82) is 0 Å². The minimum Gasteiger partial charge on any atom is -0.369 e. The monoisotopic (exact) mass is 277 g/mol. The average molecular weight is 277 g/mol. The van der Waals surface area contributed by atoms with Crippen LogP contribution in [0.2, 0.25) is 0 Å². The van der Waals surface area contributed by atoms with Gasteiger partial charge in [0.05, 0.1) is 0 Å². The van der Waals surface area contributed by atoms with Crippen molar-refractivity contribution in [2.45, 2.75) is 26.8 Å². The molecular weight excluding hydrogens is 254 g/mol. The molecule has 110 valence electrons. The summed E-state index contributed by atoms with van der Waals surface area (Å²) in [6, 6.07) is 4.07. The van der Waals surface area contributed by atoms with E-state index in [2.05, 4.69) is 34.3 Å². The second-order valence-corrected chi connectivity index (χ2v) is 5.26. The van der Waals surface area contributed by atoms with E-state index in [-0.39, 0.29) is 5.91 Å². The Balaban J connectivity index is 1.94. The van der Waals surface area contributed by atoms with Crippen LogP contribution in [0, 0.1) is 0 Å². The lowest BCUT2D eigenvalue weighted by molar-refractivity contribution is 0.0589. The van der Waals surface area contributed by atoms with Crippen LogP contribution in [0.15, 0.2) is 12.1 Å². The molecule has 0 bridgehead atoms. The summed E-state index contributed by atoms with van der Waals surface area (Å²) in [4.78, 5) is 16.6. The summed E-state index contributed by atoms with van der Waals surface area (Å²) in [5, 5.41) is 11.1. The molecule has 1 aliphatic heterocycles. The third-order valence-electron chi connectivity index (χ3n) is 3.57. The maximum Gasteiger partial charge on any atom is 0.274 e. The Morgan fingerprint density at radius 3 is 2.45 bits per heavy atom. The van der Waals surface area contributed by atoms with Crippen molar-refractivity contribution in [3.63, 3.8) is 0 Å². The zero-order valence-corrected chi connectivity index (χ0v) is 12.5. The Morgan fingerprint density at radius 2 is 1.95 bits per heavy atom. The van der Waals surface area contributed by atoms with E-state index in [1.165, 1.54) is 0 Å². The Bertz CT molecular complexity index is 437. The molecule has 1 N–H and O–H groups in total. The van der Waals surface area contributed by atoms with Gasteiger partial charge in [-0.15, -0.1) is 10.2 Å². The fraction of sp³-hybridized carbons (Fsp3) is 0.643. The number of carbonyl (C=O) groups excluding carboxylic acids is 1. The highest BCUT2D eigenvalue weighted by molar-refractivity contribution is 5.92. The van der Waals surface area contributed by atoms with Crippen molar-refractivity contribution < 1.29 is 4.79 Å². The molecule has 1 amide bonds. The zero-order chi connectivity index (χ0) is 14.5. The lowest BCUT2D eigenvalue weighted by Crippen LogP contribution is -2.50. The first-order chi connectivity index (χ1) is 9.61. The molecule has 1 aliphatic rings. The minimum absolute atomic E-state index is 0.0241. The lowest BCUT2D eigenvalue weighted by atomic mass is 10.2. The van der Waals surface area contributed by atoms with Crippen LogP contribution in [0.4, 0.5) is 5.82 Å². The fourth-order valence-corrected chi connectivity index (χ4v) is 2.33. The van der Waals surface area contributed by atoms with Gasteiger partial charge in [0.2, 0.25) is 0 Å². The van der Waals surface area contributed by atoms with E-state index in [1.807, 2.05) is 11.8 Å². The highest BCUT2D eigenvalue weighted by Gasteiger charge is 2.24. The molecule has 0 spiro atoms. The molecule has 0 atom stereocenters. The van der Waals surface area contributed by atoms with E-state index in [1.54, 1.807) is 12.1 Å². The zero-order valence-electron chi connectivity index (χ0n) is 12.5. The first-order valence-corrected chi connectivity index (χ1v) is 7.22. The molecule has 1 saturated heterocycles. The number of piperazine rings is 1. The van der Waals surface area contributed by atoms with Gasteiger partial charge in [0.1, 0.15) is 5.82 Å². The second-order valence-electron chi connectivity index (χ2n) is 5.26. The number of hydrogen-bond acceptors (Lipinski definition) is 5. The normalized spacial score (nSPS) is 16.5. The molecule has 0 radical (unpaired) electrons. The number of carbonyl (C=O) groups is 1. The summed E-state index contributed by atoms with van der Waals surface area (Å²) in [6.45, 7) is 10.5. The quantitative estimate of drug-likeness (QED) is 0.892. The Kier molecular flexibility index (Phi) is 4.89. The van der Waals surface area contributed by atoms with Crippen molar-refractivity contribution in [3.8, 4) is 0 Å². The van der Waals surface area contributed by atoms with Crippen LogP contribution < -0.4 is 5.32 Å². The molecule has 0 unspecified atom stereocenters. The number of rotatable bonds is 4. The number of amides is 1. The maximum atomic E-state index is 12.3. The molecule has 0 aromatic carbocycles. The molecule has 6 heteroatoms. The van der Waals surface area contributed by atoms with E-state index in [0.717, 1.165) is 32.7 Å². The molecule has 0 aliphatic carbocycles. The predicted octanol–water partition coefficient (Wildman–Crippen LogP) is 1.07. The van der Waals surface area contributed by atoms with Crippen LogP contribution in [-0.4, -0.2) is 64.7 Å². The third-order valence-corrected chi connectivity index (χ3v) is 3.57. The van der Waals surface area contributed by atoms with Crippen molar-refractivity contribution in [3.05, 3.63) is 17.8 Å². The summed E-state index contributed by atoms with van der Waals surface area (Å²) >= 11 is 0. The van der Waals surface area contributed by atoms with E-state index in [0.29, 0.717) is 17.6 Å². The topological polar surface area (TPSA) is 61.4 Å². The van der Waals surface area contributed by atoms with Crippen molar-refractivity contribution in [2.75, 3.05) is 38.0 Å². The van der Waals surface area contributed by atoms with Crippen LogP contribution >= 0.6 is 0 Å². The van der Waals surface area contributed by atoms with Crippen LogP contribution in [-0.2, 0) is 0 Å². The van der Waals surface area contributed by atoms with Gasteiger partial charge in [-0.3, -0.25) is 9.69 Å². The highest BCUT2D eigenvalue weighted by Crippen LogP contribution is 2.10. The van der Waals surface area contributed by atoms with E-state index < -0.39 is 0 Å². The first kappa shape index (κ1) is 14.7. The molecule has 2 rings (SSSR count). The van der Waals surface area contributed by atoms with Crippen LogP contribution in [0.25, 0.3) is 0 Å². The smallest absolute Gasteiger partial charge is 0.274 e. The number of anilines is 1.